The second-order valence-electron chi connectivity index (χ2n) is 8.38. The highest BCUT2D eigenvalue weighted by Crippen LogP contribution is 2.32. The van der Waals surface area contributed by atoms with E-state index < -0.39 is 0 Å². The van der Waals surface area contributed by atoms with Gasteiger partial charge in [-0.15, -0.1) is 0 Å². The molecular formula is C27H38N6. The summed E-state index contributed by atoms with van der Waals surface area (Å²) >= 11 is 0. The maximum atomic E-state index is 4.93. The van der Waals surface area contributed by atoms with Crippen molar-refractivity contribution in [1.29, 1.82) is 0 Å². The number of aromatic nitrogens is 3. The fraction of sp³-hybridized carbons (Fsp3) is 0.444. The molecule has 0 unspecified atom stereocenters. The van der Waals surface area contributed by atoms with Gasteiger partial charge < -0.3 is 9.80 Å². The van der Waals surface area contributed by atoms with E-state index in [9.17, 15) is 0 Å². The van der Waals surface area contributed by atoms with Crippen LogP contribution in [0.3, 0.4) is 0 Å². The van der Waals surface area contributed by atoms with E-state index >= 15 is 0 Å². The van der Waals surface area contributed by atoms with E-state index in [1.807, 2.05) is 43.3 Å². The first kappa shape index (κ1) is 24.6. The standard InChI is InChI=1S/C27H38N6/c1-5-31(4)21-15-7-8-16-22-32(6-2)26-28-23(3)29-27(30-26)33(24-17-11-9-12-18-24)25-19-13-10-14-20-25/h9-14,17-20H,5-8,15-16,21-22H2,1-4H3. The van der Waals surface area contributed by atoms with E-state index in [4.69, 9.17) is 15.0 Å². The van der Waals surface area contributed by atoms with Crippen LogP contribution >= 0.6 is 0 Å². The molecule has 0 fully saturated rings. The first-order valence-corrected chi connectivity index (χ1v) is 12.2. The third-order valence-electron chi connectivity index (χ3n) is 5.87. The SMILES string of the molecule is CCN(C)CCCCCCN(CC)c1nc(C)nc(N(c2ccccc2)c2ccccc2)n1. The van der Waals surface area contributed by atoms with Gasteiger partial charge in [0.25, 0.3) is 0 Å². The van der Waals surface area contributed by atoms with Crippen LogP contribution in [0.1, 0.15) is 45.4 Å². The van der Waals surface area contributed by atoms with Crippen molar-refractivity contribution in [3.05, 3.63) is 66.5 Å². The first-order chi connectivity index (χ1) is 16.1. The lowest BCUT2D eigenvalue weighted by atomic mass is 10.2. The summed E-state index contributed by atoms with van der Waals surface area (Å²) in [6.45, 7) is 10.5. The van der Waals surface area contributed by atoms with Gasteiger partial charge in [-0.1, -0.05) is 56.2 Å². The lowest BCUT2D eigenvalue weighted by molar-refractivity contribution is 0.341. The minimum Gasteiger partial charge on any atom is -0.341 e. The Morgan fingerprint density at radius 1 is 0.636 bits per heavy atom. The molecule has 0 N–H and O–H groups in total. The fourth-order valence-electron chi connectivity index (χ4n) is 3.83. The summed E-state index contributed by atoms with van der Waals surface area (Å²) in [4.78, 5) is 21.1. The summed E-state index contributed by atoms with van der Waals surface area (Å²) in [5.74, 6) is 2.13. The van der Waals surface area contributed by atoms with E-state index in [0.717, 1.165) is 49.2 Å². The molecule has 6 nitrogen and oxygen atoms in total. The number of anilines is 4. The van der Waals surface area contributed by atoms with Crippen molar-refractivity contribution in [3.63, 3.8) is 0 Å². The molecule has 6 heteroatoms. The van der Waals surface area contributed by atoms with Crippen molar-refractivity contribution in [1.82, 2.24) is 19.9 Å². The Morgan fingerprint density at radius 2 is 1.18 bits per heavy atom. The zero-order valence-electron chi connectivity index (χ0n) is 20.6. The third kappa shape index (κ3) is 7.26. The van der Waals surface area contributed by atoms with Gasteiger partial charge in [0.1, 0.15) is 5.82 Å². The number of benzene rings is 2. The molecule has 0 radical (unpaired) electrons. The molecule has 0 saturated carbocycles. The smallest absolute Gasteiger partial charge is 0.239 e. The zero-order valence-corrected chi connectivity index (χ0v) is 20.6. The van der Waals surface area contributed by atoms with Gasteiger partial charge in [-0.3, -0.25) is 4.90 Å². The molecular weight excluding hydrogens is 408 g/mol. The second kappa shape index (κ2) is 12.9. The quantitative estimate of drug-likeness (QED) is 0.301. The molecule has 1 aromatic heterocycles. The molecule has 0 bridgehead atoms. The summed E-state index contributed by atoms with van der Waals surface area (Å²) < 4.78 is 0. The molecule has 1 heterocycles. The van der Waals surface area contributed by atoms with Crippen molar-refractivity contribution < 1.29 is 0 Å². The molecule has 0 atom stereocenters. The molecule has 2 aromatic carbocycles. The summed E-state index contributed by atoms with van der Waals surface area (Å²) in [5, 5.41) is 0. The average Bonchev–Trinajstić information content (AvgIpc) is 2.84. The van der Waals surface area contributed by atoms with Crippen LogP contribution in [0, 0.1) is 6.92 Å². The molecule has 0 aliphatic carbocycles. The van der Waals surface area contributed by atoms with Gasteiger partial charge in [-0.25, -0.2) is 0 Å². The number of rotatable bonds is 13. The van der Waals surface area contributed by atoms with E-state index in [1.54, 1.807) is 0 Å². The molecule has 176 valence electrons. The van der Waals surface area contributed by atoms with Gasteiger partial charge in [0, 0.05) is 24.5 Å². The van der Waals surface area contributed by atoms with Crippen LogP contribution in [0.15, 0.2) is 60.7 Å². The predicted molar refractivity (Wildman–Crippen MR) is 139 cm³/mol. The number of aryl methyl sites for hydroxylation is 1. The van der Waals surface area contributed by atoms with E-state index in [0.29, 0.717) is 5.95 Å². The van der Waals surface area contributed by atoms with Crippen LogP contribution in [0.25, 0.3) is 0 Å². The van der Waals surface area contributed by atoms with Crippen LogP contribution in [-0.4, -0.2) is 53.1 Å². The Bertz CT molecular complexity index is 908. The molecule has 0 saturated heterocycles. The third-order valence-corrected chi connectivity index (χ3v) is 5.87. The van der Waals surface area contributed by atoms with Gasteiger partial charge in [-0.05, 0) is 71.1 Å². The molecule has 0 spiro atoms. The van der Waals surface area contributed by atoms with Crippen molar-refractivity contribution >= 4 is 23.3 Å². The predicted octanol–water partition coefficient (Wildman–Crippen LogP) is 5.99. The van der Waals surface area contributed by atoms with Gasteiger partial charge in [0.05, 0.1) is 0 Å². The number of unbranched alkanes of at least 4 members (excludes halogenated alkanes) is 3. The van der Waals surface area contributed by atoms with E-state index in [-0.39, 0.29) is 0 Å². The van der Waals surface area contributed by atoms with Gasteiger partial charge in [-0.2, -0.15) is 15.0 Å². The Morgan fingerprint density at radius 3 is 1.73 bits per heavy atom. The van der Waals surface area contributed by atoms with Crippen molar-refractivity contribution in [2.45, 2.75) is 46.5 Å². The van der Waals surface area contributed by atoms with Crippen LogP contribution < -0.4 is 9.80 Å². The molecule has 3 rings (SSSR count). The average molecular weight is 447 g/mol. The minimum absolute atomic E-state index is 0.649. The second-order valence-corrected chi connectivity index (χ2v) is 8.38. The van der Waals surface area contributed by atoms with Crippen LogP contribution in [0.2, 0.25) is 0 Å². The van der Waals surface area contributed by atoms with Gasteiger partial charge in [0.15, 0.2) is 0 Å². The monoisotopic (exact) mass is 446 g/mol. The molecule has 3 aromatic rings. The van der Waals surface area contributed by atoms with Gasteiger partial charge >= 0.3 is 0 Å². The number of nitrogens with zero attached hydrogens (tertiary/aromatic N) is 6. The Labute approximate surface area is 199 Å². The summed E-state index contributed by atoms with van der Waals surface area (Å²) in [6, 6.07) is 20.5. The zero-order chi connectivity index (χ0) is 23.5. The van der Waals surface area contributed by atoms with Gasteiger partial charge in [0.2, 0.25) is 11.9 Å². The molecule has 33 heavy (non-hydrogen) atoms. The largest absolute Gasteiger partial charge is 0.341 e. The number of hydrogen-bond acceptors (Lipinski definition) is 6. The Kier molecular flexibility index (Phi) is 9.63. The highest BCUT2D eigenvalue weighted by atomic mass is 15.3. The summed E-state index contributed by atoms with van der Waals surface area (Å²) in [6.07, 6.45) is 4.89. The molecule has 0 aliphatic heterocycles. The van der Waals surface area contributed by atoms with Crippen LogP contribution in [-0.2, 0) is 0 Å². The minimum atomic E-state index is 0.649. The summed E-state index contributed by atoms with van der Waals surface area (Å²) in [5.41, 5.74) is 2.06. The van der Waals surface area contributed by atoms with Crippen molar-refractivity contribution in [2.75, 3.05) is 43.0 Å². The van der Waals surface area contributed by atoms with E-state index in [2.05, 4.69) is 59.9 Å². The Hall–Kier alpha value is -2.99. The lowest BCUT2D eigenvalue weighted by Gasteiger charge is -2.26. The highest BCUT2D eigenvalue weighted by Gasteiger charge is 2.18. The molecule has 0 amide bonds. The van der Waals surface area contributed by atoms with Crippen LogP contribution in [0.4, 0.5) is 23.3 Å². The van der Waals surface area contributed by atoms with Crippen LogP contribution in [0.5, 0.6) is 0 Å². The first-order valence-electron chi connectivity index (χ1n) is 12.2. The molecule has 0 aliphatic rings. The summed E-state index contributed by atoms with van der Waals surface area (Å²) in [7, 11) is 2.19. The Balaban J connectivity index is 1.76. The van der Waals surface area contributed by atoms with Crippen molar-refractivity contribution in [3.8, 4) is 0 Å². The fourth-order valence-corrected chi connectivity index (χ4v) is 3.83. The maximum absolute atomic E-state index is 4.93. The number of para-hydroxylation sites is 2. The van der Waals surface area contributed by atoms with E-state index in [1.165, 1.54) is 25.8 Å². The van der Waals surface area contributed by atoms with Crippen molar-refractivity contribution in [2.24, 2.45) is 0 Å². The highest BCUT2D eigenvalue weighted by molar-refractivity contribution is 5.72. The topological polar surface area (TPSA) is 48.4 Å². The normalized spacial score (nSPS) is 11.1. The lowest BCUT2D eigenvalue weighted by Crippen LogP contribution is -2.27. The number of hydrogen-bond donors (Lipinski definition) is 0. The maximum Gasteiger partial charge on any atom is 0.239 e.